The predicted molar refractivity (Wildman–Crippen MR) is 132 cm³/mol. The summed E-state index contributed by atoms with van der Waals surface area (Å²) in [6, 6.07) is 21.2. The van der Waals surface area contributed by atoms with Crippen LogP contribution >= 0.6 is 35.4 Å². The maximum Gasteiger partial charge on any atom is 0.194 e. The van der Waals surface area contributed by atoms with E-state index in [1.165, 1.54) is 0 Å². The molecule has 1 N–H and O–H groups in total. The van der Waals surface area contributed by atoms with E-state index < -0.39 is 0 Å². The van der Waals surface area contributed by atoms with Gasteiger partial charge in [-0.15, -0.1) is 0 Å². The molecule has 5 nitrogen and oxygen atoms in total. The van der Waals surface area contributed by atoms with Crippen LogP contribution in [0.4, 0.5) is 5.69 Å². The molecule has 0 spiro atoms. The van der Waals surface area contributed by atoms with Crippen molar-refractivity contribution >= 4 is 51.9 Å². The minimum atomic E-state index is -0.112. The van der Waals surface area contributed by atoms with Crippen molar-refractivity contribution in [3.8, 4) is 11.5 Å². The maximum atomic E-state index is 6.26. The molecule has 0 saturated carbocycles. The summed E-state index contributed by atoms with van der Waals surface area (Å²) in [7, 11) is 0. The number of hydrazone groups is 1. The normalized spacial score (nSPS) is 17.1. The Hall–Kier alpha value is -2.80. The molecule has 2 aliphatic heterocycles. The molecule has 162 valence electrons. The van der Waals surface area contributed by atoms with Crippen LogP contribution in [0.2, 0.25) is 10.0 Å². The number of thiocarbonyl (C=S) groups is 1. The van der Waals surface area contributed by atoms with Crippen molar-refractivity contribution in [3.63, 3.8) is 0 Å². The number of hydrogen-bond donors (Lipinski definition) is 1. The molecule has 5 rings (SSSR count). The number of benzene rings is 3. The third kappa shape index (κ3) is 4.26. The summed E-state index contributed by atoms with van der Waals surface area (Å²) >= 11 is 18.1. The van der Waals surface area contributed by atoms with Crippen molar-refractivity contribution in [2.45, 2.75) is 12.5 Å². The minimum Gasteiger partial charge on any atom is -0.486 e. The Kier molecular flexibility index (Phi) is 5.91. The number of nitrogens with one attached hydrogen (secondary N) is 1. The van der Waals surface area contributed by atoms with Crippen LogP contribution in [0.1, 0.15) is 23.6 Å². The summed E-state index contributed by atoms with van der Waals surface area (Å²) in [5.74, 6) is 1.48. The molecule has 0 radical (unpaired) electrons. The Bertz CT molecular complexity index is 1200. The van der Waals surface area contributed by atoms with E-state index >= 15 is 0 Å². The largest absolute Gasteiger partial charge is 0.486 e. The number of anilines is 1. The summed E-state index contributed by atoms with van der Waals surface area (Å²) < 4.78 is 11.5. The summed E-state index contributed by atoms with van der Waals surface area (Å²) in [4.78, 5) is 0. The van der Waals surface area contributed by atoms with Gasteiger partial charge in [-0.1, -0.05) is 53.5 Å². The molecule has 1 unspecified atom stereocenters. The summed E-state index contributed by atoms with van der Waals surface area (Å²) in [6.07, 6.45) is 0.647. The van der Waals surface area contributed by atoms with E-state index in [-0.39, 0.29) is 6.04 Å². The lowest BCUT2D eigenvalue weighted by molar-refractivity contribution is 0.171. The third-order valence-corrected chi connectivity index (χ3v) is 6.38. The Morgan fingerprint density at radius 3 is 2.50 bits per heavy atom. The van der Waals surface area contributed by atoms with Crippen LogP contribution < -0.4 is 14.8 Å². The Morgan fingerprint density at radius 2 is 1.72 bits per heavy atom. The molecular formula is C24H19Cl2N3O2S. The zero-order chi connectivity index (χ0) is 22.1. The lowest BCUT2D eigenvalue weighted by atomic mass is 9.98. The molecule has 1 atom stereocenters. The molecule has 8 heteroatoms. The molecule has 32 heavy (non-hydrogen) atoms. The van der Waals surface area contributed by atoms with Gasteiger partial charge in [0.25, 0.3) is 0 Å². The number of nitrogens with zero attached hydrogens (tertiary/aromatic N) is 2. The Balaban J connectivity index is 1.49. The number of hydrogen-bond acceptors (Lipinski definition) is 4. The van der Waals surface area contributed by atoms with Gasteiger partial charge >= 0.3 is 0 Å². The SMILES string of the molecule is S=C(Nc1ccccc1)N1N=C(c2ccc(Cl)c(Cl)c2)CC1c1ccc2c(c1)OCCO2. The first-order valence-corrected chi connectivity index (χ1v) is 11.3. The van der Waals surface area contributed by atoms with Crippen LogP contribution in [0, 0.1) is 0 Å². The predicted octanol–water partition coefficient (Wildman–Crippen LogP) is 6.31. The quantitative estimate of drug-likeness (QED) is 0.442. The Labute approximate surface area is 201 Å². The van der Waals surface area contributed by atoms with Crippen molar-refractivity contribution in [1.82, 2.24) is 5.01 Å². The smallest absolute Gasteiger partial charge is 0.194 e. The molecule has 2 heterocycles. The average Bonchev–Trinajstić information content (AvgIpc) is 3.27. The molecule has 0 saturated heterocycles. The fourth-order valence-electron chi connectivity index (χ4n) is 3.78. The number of ether oxygens (including phenoxy) is 2. The zero-order valence-electron chi connectivity index (χ0n) is 16.9. The average molecular weight is 484 g/mol. The fourth-order valence-corrected chi connectivity index (χ4v) is 4.36. The third-order valence-electron chi connectivity index (χ3n) is 5.35. The highest BCUT2D eigenvalue weighted by Gasteiger charge is 2.32. The summed E-state index contributed by atoms with van der Waals surface area (Å²) in [5.41, 5.74) is 3.72. The molecule has 3 aromatic carbocycles. The van der Waals surface area contributed by atoms with Crippen LogP contribution in [0.15, 0.2) is 71.8 Å². The minimum absolute atomic E-state index is 0.112. The van der Waals surface area contributed by atoms with Gasteiger partial charge in [-0.3, -0.25) is 0 Å². The second-order valence-corrected chi connectivity index (χ2v) is 8.64. The highest BCUT2D eigenvalue weighted by Crippen LogP contribution is 2.39. The first kappa shape index (κ1) is 21.1. The van der Waals surface area contributed by atoms with Gasteiger partial charge in [0.1, 0.15) is 13.2 Å². The molecule has 3 aromatic rings. The Morgan fingerprint density at radius 1 is 0.938 bits per heavy atom. The van der Waals surface area contributed by atoms with Gasteiger partial charge in [0.2, 0.25) is 0 Å². The van der Waals surface area contributed by atoms with Gasteiger partial charge in [-0.2, -0.15) is 5.10 Å². The maximum absolute atomic E-state index is 6.26. The second-order valence-electron chi connectivity index (χ2n) is 7.44. The van der Waals surface area contributed by atoms with Crippen LogP contribution in [0.25, 0.3) is 0 Å². The van der Waals surface area contributed by atoms with Crippen molar-refractivity contribution in [2.75, 3.05) is 18.5 Å². The van der Waals surface area contributed by atoms with Crippen LogP contribution in [0.5, 0.6) is 11.5 Å². The van der Waals surface area contributed by atoms with Gasteiger partial charge < -0.3 is 14.8 Å². The molecule has 0 amide bonds. The van der Waals surface area contributed by atoms with Crippen LogP contribution in [0.3, 0.4) is 0 Å². The molecule has 0 aromatic heterocycles. The van der Waals surface area contributed by atoms with Crippen LogP contribution in [-0.2, 0) is 0 Å². The van der Waals surface area contributed by atoms with Crippen LogP contribution in [-0.4, -0.2) is 29.0 Å². The van der Waals surface area contributed by atoms with E-state index in [1.807, 2.05) is 65.7 Å². The highest BCUT2D eigenvalue weighted by atomic mass is 35.5. The van der Waals surface area contributed by atoms with E-state index in [2.05, 4.69) is 5.32 Å². The molecule has 0 bridgehead atoms. The lowest BCUT2D eigenvalue weighted by Gasteiger charge is -2.26. The van der Waals surface area contributed by atoms with E-state index in [9.17, 15) is 0 Å². The van der Waals surface area contributed by atoms with Crippen molar-refractivity contribution in [1.29, 1.82) is 0 Å². The van der Waals surface area contributed by atoms with Gasteiger partial charge in [0, 0.05) is 12.1 Å². The first-order valence-electron chi connectivity index (χ1n) is 10.2. The topological polar surface area (TPSA) is 46.1 Å². The van der Waals surface area contributed by atoms with E-state index in [4.69, 9.17) is 50.0 Å². The lowest BCUT2D eigenvalue weighted by Crippen LogP contribution is -2.31. The highest BCUT2D eigenvalue weighted by molar-refractivity contribution is 7.80. The van der Waals surface area contributed by atoms with Gasteiger partial charge in [0.05, 0.1) is 21.8 Å². The van der Waals surface area contributed by atoms with Gasteiger partial charge in [0.15, 0.2) is 16.6 Å². The van der Waals surface area contributed by atoms with E-state index in [1.54, 1.807) is 6.07 Å². The van der Waals surface area contributed by atoms with E-state index in [0.717, 1.165) is 34.0 Å². The van der Waals surface area contributed by atoms with Gasteiger partial charge in [-0.05, 0) is 59.7 Å². The monoisotopic (exact) mass is 483 g/mol. The van der Waals surface area contributed by atoms with Crippen molar-refractivity contribution < 1.29 is 9.47 Å². The summed E-state index contributed by atoms with van der Waals surface area (Å²) in [5, 5.41) is 11.5. The second kappa shape index (κ2) is 8.98. The molecule has 2 aliphatic rings. The van der Waals surface area contributed by atoms with Crippen molar-refractivity contribution in [2.24, 2.45) is 5.10 Å². The van der Waals surface area contributed by atoms with Gasteiger partial charge in [-0.25, -0.2) is 5.01 Å². The summed E-state index contributed by atoms with van der Waals surface area (Å²) in [6.45, 7) is 1.08. The number of halogens is 2. The number of fused-ring (bicyclic) bond motifs is 1. The first-order chi connectivity index (χ1) is 15.6. The molecular weight excluding hydrogens is 465 g/mol. The zero-order valence-corrected chi connectivity index (χ0v) is 19.3. The number of rotatable bonds is 3. The standard InChI is InChI=1S/C24H19Cl2N3O2S/c25-18-8-6-15(12-19(18)26)20-14-21(16-7-9-22-23(13-16)31-11-10-30-22)29(28-20)24(32)27-17-4-2-1-3-5-17/h1-9,12-13,21H,10-11,14H2,(H,27,32). The fraction of sp³-hybridized carbons (Fsp3) is 0.167. The molecule has 0 aliphatic carbocycles. The van der Waals surface area contributed by atoms with Crippen molar-refractivity contribution in [3.05, 3.63) is 87.9 Å². The molecule has 0 fully saturated rings. The van der Waals surface area contributed by atoms with E-state index in [0.29, 0.717) is 34.8 Å². The number of para-hydroxylation sites is 1.